The summed E-state index contributed by atoms with van der Waals surface area (Å²) in [6.45, 7) is 5.26. The van der Waals surface area contributed by atoms with E-state index in [9.17, 15) is 19.8 Å². The molecule has 0 saturated carbocycles. The van der Waals surface area contributed by atoms with Crippen molar-refractivity contribution in [1.29, 1.82) is 0 Å². The van der Waals surface area contributed by atoms with Gasteiger partial charge in [-0.2, -0.15) is 0 Å². The summed E-state index contributed by atoms with van der Waals surface area (Å²) in [6.07, 6.45) is 0.501. The fraction of sp³-hybridized carbons (Fsp3) is 0.487. The number of nitrogens with zero attached hydrogens (tertiary/aromatic N) is 1. The molecule has 10 heteroatoms. The van der Waals surface area contributed by atoms with Crippen molar-refractivity contribution in [3.63, 3.8) is 0 Å². The van der Waals surface area contributed by atoms with Crippen LogP contribution in [0.4, 0.5) is 0 Å². The summed E-state index contributed by atoms with van der Waals surface area (Å²) in [5.74, 6) is -0.382. The highest BCUT2D eigenvalue weighted by atomic mass is 16.5. The van der Waals surface area contributed by atoms with E-state index < -0.39 is 36.3 Å². The van der Waals surface area contributed by atoms with Crippen LogP contribution in [-0.4, -0.2) is 97.3 Å². The molecule has 4 N–H and O–H groups in total. The minimum atomic E-state index is -1.02. The van der Waals surface area contributed by atoms with Crippen molar-refractivity contribution in [2.75, 3.05) is 46.1 Å². The van der Waals surface area contributed by atoms with Crippen LogP contribution in [0.3, 0.4) is 0 Å². The van der Waals surface area contributed by atoms with E-state index in [-0.39, 0.29) is 18.2 Å². The Balaban J connectivity index is 1.16. The second kappa shape index (κ2) is 17.2. The maximum absolute atomic E-state index is 14.1. The summed E-state index contributed by atoms with van der Waals surface area (Å²) < 4.78 is 17.0. The van der Waals surface area contributed by atoms with Crippen molar-refractivity contribution in [3.8, 4) is 5.75 Å². The molecule has 0 aromatic heterocycles. The number of benzene rings is 3. The van der Waals surface area contributed by atoms with E-state index in [0.29, 0.717) is 38.9 Å². The SMILES string of the molecule is O=C(N[C@H]1c2ccccc2C[C@@H]1O)C(Cc1ccc(OCCN2CCOCC2)cc1)CC(O)C(Cc1ccccc1)NC(=O)[C@@H]1CCCO1. The zero-order valence-corrected chi connectivity index (χ0v) is 28.0. The molecule has 0 bridgehead atoms. The van der Waals surface area contributed by atoms with Crippen molar-refractivity contribution < 1.29 is 34.0 Å². The normalized spacial score (nSPS) is 22.5. The number of ether oxygens (including phenoxy) is 3. The van der Waals surface area contributed by atoms with Crippen molar-refractivity contribution >= 4 is 11.8 Å². The van der Waals surface area contributed by atoms with E-state index in [0.717, 1.165) is 67.3 Å². The van der Waals surface area contributed by atoms with Crippen LogP contribution in [0.5, 0.6) is 5.75 Å². The summed E-state index contributed by atoms with van der Waals surface area (Å²) in [5, 5.41) is 28.8. The van der Waals surface area contributed by atoms with Gasteiger partial charge in [0.05, 0.1) is 37.5 Å². The third-order valence-electron chi connectivity index (χ3n) is 9.90. The average Bonchev–Trinajstić information content (AvgIpc) is 3.78. The van der Waals surface area contributed by atoms with Crippen LogP contribution >= 0.6 is 0 Å². The minimum absolute atomic E-state index is 0.109. The molecule has 3 aromatic carbocycles. The Bertz CT molecular complexity index is 1490. The van der Waals surface area contributed by atoms with Gasteiger partial charge in [-0.15, -0.1) is 0 Å². The van der Waals surface area contributed by atoms with Crippen LogP contribution in [-0.2, 0) is 38.3 Å². The average molecular weight is 672 g/mol. The number of carbonyl (C=O) groups excluding carboxylic acids is 2. The fourth-order valence-corrected chi connectivity index (χ4v) is 7.09. The third kappa shape index (κ3) is 9.67. The van der Waals surface area contributed by atoms with Gasteiger partial charge in [0.2, 0.25) is 11.8 Å². The molecule has 3 aromatic rings. The minimum Gasteiger partial charge on any atom is -0.492 e. The van der Waals surface area contributed by atoms with Crippen molar-refractivity contribution in [1.82, 2.24) is 15.5 Å². The highest BCUT2D eigenvalue weighted by molar-refractivity contribution is 5.81. The van der Waals surface area contributed by atoms with Gasteiger partial charge in [-0.1, -0.05) is 66.7 Å². The Morgan fingerprint density at radius 3 is 2.41 bits per heavy atom. The number of aliphatic hydroxyl groups is 2. The Labute approximate surface area is 288 Å². The number of nitrogens with one attached hydrogen (secondary N) is 2. The van der Waals surface area contributed by atoms with Gasteiger partial charge in [-0.25, -0.2) is 0 Å². The molecule has 2 heterocycles. The molecular formula is C39H49N3O7. The molecule has 10 nitrogen and oxygen atoms in total. The van der Waals surface area contributed by atoms with Crippen LogP contribution in [0, 0.1) is 5.92 Å². The van der Waals surface area contributed by atoms with Crippen LogP contribution in [0.1, 0.15) is 47.6 Å². The molecule has 2 amide bonds. The molecule has 262 valence electrons. The number of hydrogen-bond acceptors (Lipinski definition) is 8. The molecule has 6 atom stereocenters. The Hall–Kier alpha value is -3.80. The van der Waals surface area contributed by atoms with Crippen molar-refractivity contribution in [2.45, 2.75) is 68.9 Å². The van der Waals surface area contributed by atoms with Crippen LogP contribution < -0.4 is 15.4 Å². The number of rotatable bonds is 15. The Morgan fingerprint density at radius 2 is 1.65 bits per heavy atom. The topological polar surface area (TPSA) is 130 Å². The predicted octanol–water partition coefficient (Wildman–Crippen LogP) is 2.99. The van der Waals surface area contributed by atoms with Gasteiger partial charge in [0.15, 0.2) is 0 Å². The van der Waals surface area contributed by atoms with E-state index in [1.54, 1.807) is 0 Å². The van der Waals surface area contributed by atoms with Crippen LogP contribution in [0.15, 0.2) is 78.9 Å². The van der Waals surface area contributed by atoms with Crippen LogP contribution in [0.25, 0.3) is 0 Å². The molecule has 0 radical (unpaired) electrons. The Morgan fingerprint density at radius 1 is 0.918 bits per heavy atom. The summed E-state index contributed by atoms with van der Waals surface area (Å²) in [4.78, 5) is 29.6. The molecule has 6 rings (SSSR count). The third-order valence-corrected chi connectivity index (χ3v) is 9.90. The zero-order valence-electron chi connectivity index (χ0n) is 28.0. The van der Waals surface area contributed by atoms with Crippen molar-refractivity contribution in [2.24, 2.45) is 5.92 Å². The van der Waals surface area contributed by atoms with E-state index in [2.05, 4.69) is 15.5 Å². The summed E-state index contributed by atoms with van der Waals surface area (Å²) in [7, 11) is 0. The maximum atomic E-state index is 14.1. The van der Waals surface area contributed by atoms with E-state index in [4.69, 9.17) is 14.2 Å². The molecule has 0 spiro atoms. The lowest BCUT2D eigenvalue weighted by molar-refractivity contribution is -0.132. The van der Waals surface area contributed by atoms with E-state index in [1.807, 2.05) is 78.9 Å². The van der Waals surface area contributed by atoms with Gasteiger partial charge in [-0.05, 0) is 66.5 Å². The molecule has 49 heavy (non-hydrogen) atoms. The quantitative estimate of drug-likeness (QED) is 0.194. The number of carbonyl (C=O) groups is 2. The lowest BCUT2D eigenvalue weighted by Crippen LogP contribution is -2.50. The lowest BCUT2D eigenvalue weighted by atomic mass is 9.88. The van der Waals surface area contributed by atoms with E-state index >= 15 is 0 Å². The Kier molecular flexibility index (Phi) is 12.3. The summed E-state index contributed by atoms with van der Waals surface area (Å²) >= 11 is 0. The van der Waals surface area contributed by atoms with Gasteiger partial charge >= 0.3 is 0 Å². The largest absolute Gasteiger partial charge is 0.492 e. The first kappa shape index (κ1) is 35.0. The van der Waals surface area contributed by atoms with Gasteiger partial charge in [-0.3, -0.25) is 14.5 Å². The second-order valence-corrected chi connectivity index (χ2v) is 13.4. The van der Waals surface area contributed by atoms with Crippen LogP contribution in [0.2, 0.25) is 0 Å². The first-order chi connectivity index (χ1) is 23.9. The zero-order chi connectivity index (χ0) is 34.0. The van der Waals surface area contributed by atoms with Gasteiger partial charge in [0.25, 0.3) is 0 Å². The molecule has 2 fully saturated rings. The van der Waals surface area contributed by atoms with E-state index in [1.165, 1.54) is 0 Å². The molecule has 1 aliphatic carbocycles. The van der Waals surface area contributed by atoms with Crippen molar-refractivity contribution in [3.05, 3.63) is 101 Å². The maximum Gasteiger partial charge on any atom is 0.249 e. The first-order valence-corrected chi connectivity index (χ1v) is 17.6. The van der Waals surface area contributed by atoms with Gasteiger partial charge in [0, 0.05) is 38.6 Å². The van der Waals surface area contributed by atoms with Gasteiger partial charge in [0.1, 0.15) is 18.5 Å². The second-order valence-electron chi connectivity index (χ2n) is 13.4. The number of aliphatic hydroxyl groups excluding tert-OH is 2. The standard InChI is InChI=1S/C39H49N3O7/c43-34(33(24-27-7-2-1-3-8-27)40-39(46)36-11-6-19-49-36)26-30(38(45)41-37-32-10-5-4-9-29(32)25-35(37)44)23-28-12-14-31(15-13-28)48-22-18-42-16-20-47-21-17-42/h1-5,7-10,12-15,30,33-37,43-44H,6,11,16-26H2,(H,40,46)(H,41,45)/t30?,33?,34?,35-,36-,37-/m0/s1. The molecule has 2 saturated heterocycles. The molecule has 2 aliphatic heterocycles. The van der Waals surface area contributed by atoms with Gasteiger partial charge < -0.3 is 35.1 Å². The number of hydrogen-bond donors (Lipinski definition) is 4. The summed E-state index contributed by atoms with van der Waals surface area (Å²) in [5.41, 5.74) is 3.81. The molecular weight excluding hydrogens is 622 g/mol. The fourth-order valence-electron chi connectivity index (χ4n) is 7.09. The first-order valence-electron chi connectivity index (χ1n) is 17.6. The smallest absolute Gasteiger partial charge is 0.249 e. The summed E-state index contributed by atoms with van der Waals surface area (Å²) in [6, 6.07) is 24.0. The number of morpholine rings is 1. The lowest BCUT2D eigenvalue weighted by Gasteiger charge is -2.29. The predicted molar refractivity (Wildman–Crippen MR) is 185 cm³/mol. The molecule has 3 aliphatic rings. The number of fused-ring (bicyclic) bond motifs is 1. The highest BCUT2D eigenvalue weighted by Crippen LogP contribution is 2.32. The number of amides is 2. The highest BCUT2D eigenvalue weighted by Gasteiger charge is 2.36. The monoisotopic (exact) mass is 671 g/mol. The molecule has 3 unspecified atom stereocenters.